The van der Waals surface area contributed by atoms with Gasteiger partial charge in [-0.3, -0.25) is 14.4 Å². The van der Waals surface area contributed by atoms with Crippen molar-refractivity contribution in [3.8, 4) is 0 Å². The molecule has 1 N–H and O–H groups in total. The molecule has 152 valence electrons. The molecule has 0 unspecified atom stereocenters. The molecule has 0 radical (unpaired) electrons. The lowest BCUT2D eigenvalue weighted by Gasteiger charge is -2.31. The summed E-state index contributed by atoms with van der Waals surface area (Å²) in [5.41, 5.74) is 1.39. The SMILES string of the molecule is CCOC(=O)C1CCN(C(=O)c2ccccc2NC(=O)c2ccccc2Br)CC1. The molecule has 2 aromatic carbocycles. The van der Waals surface area contributed by atoms with E-state index in [1.807, 2.05) is 6.07 Å². The van der Waals surface area contributed by atoms with Crippen LogP contribution in [-0.4, -0.2) is 42.4 Å². The molecular formula is C22H23BrN2O4. The average molecular weight is 459 g/mol. The second kappa shape index (κ2) is 9.69. The monoisotopic (exact) mass is 458 g/mol. The van der Waals surface area contributed by atoms with Gasteiger partial charge in [0, 0.05) is 17.6 Å². The summed E-state index contributed by atoms with van der Waals surface area (Å²) >= 11 is 3.37. The standard InChI is InChI=1S/C22H23BrN2O4/c1-2-29-22(28)15-11-13-25(14-12-15)21(27)17-8-4-6-10-19(17)24-20(26)16-7-3-5-9-18(16)23/h3-10,15H,2,11-14H2,1H3,(H,24,26). The number of amides is 2. The quantitative estimate of drug-likeness (QED) is 0.683. The Morgan fingerprint density at radius 3 is 2.31 bits per heavy atom. The highest BCUT2D eigenvalue weighted by atomic mass is 79.9. The van der Waals surface area contributed by atoms with Crippen LogP contribution in [0.2, 0.25) is 0 Å². The number of halogens is 1. The average Bonchev–Trinajstić information content (AvgIpc) is 2.74. The summed E-state index contributed by atoms with van der Waals surface area (Å²) in [5, 5.41) is 2.84. The van der Waals surface area contributed by atoms with Crippen molar-refractivity contribution >= 4 is 39.4 Å². The number of hydrogen-bond donors (Lipinski definition) is 1. The van der Waals surface area contributed by atoms with Gasteiger partial charge in [0.25, 0.3) is 11.8 Å². The van der Waals surface area contributed by atoms with E-state index < -0.39 is 0 Å². The van der Waals surface area contributed by atoms with Crippen LogP contribution in [-0.2, 0) is 9.53 Å². The van der Waals surface area contributed by atoms with Gasteiger partial charge in [-0.15, -0.1) is 0 Å². The fraction of sp³-hybridized carbons (Fsp3) is 0.318. The van der Waals surface area contributed by atoms with E-state index in [4.69, 9.17) is 4.74 Å². The van der Waals surface area contributed by atoms with Crippen LogP contribution < -0.4 is 5.32 Å². The number of likely N-dealkylation sites (tertiary alicyclic amines) is 1. The molecule has 1 aliphatic heterocycles. The number of piperidine rings is 1. The Labute approximate surface area is 178 Å². The van der Waals surface area contributed by atoms with Crippen LogP contribution in [0.15, 0.2) is 53.0 Å². The van der Waals surface area contributed by atoms with Crippen LogP contribution in [0.4, 0.5) is 5.69 Å². The molecule has 0 saturated carbocycles. The molecule has 1 fully saturated rings. The Kier molecular flexibility index (Phi) is 7.04. The first-order valence-electron chi connectivity index (χ1n) is 9.62. The molecule has 6 nitrogen and oxygen atoms in total. The highest BCUT2D eigenvalue weighted by molar-refractivity contribution is 9.10. The van der Waals surface area contributed by atoms with Crippen molar-refractivity contribution in [2.75, 3.05) is 25.0 Å². The van der Waals surface area contributed by atoms with Crippen molar-refractivity contribution in [3.63, 3.8) is 0 Å². The van der Waals surface area contributed by atoms with E-state index in [1.54, 1.807) is 54.3 Å². The predicted molar refractivity (Wildman–Crippen MR) is 114 cm³/mol. The van der Waals surface area contributed by atoms with Crippen molar-refractivity contribution in [3.05, 3.63) is 64.1 Å². The summed E-state index contributed by atoms with van der Waals surface area (Å²) in [4.78, 5) is 39.3. The number of ether oxygens (including phenoxy) is 1. The lowest BCUT2D eigenvalue weighted by molar-refractivity contribution is -0.149. The first kappa shape index (κ1) is 21.0. The smallest absolute Gasteiger partial charge is 0.309 e. The number of benzene rings is 2. The fourth-order valence-electron chi connectivity index (χ4n) is 3.36. The summed E-state index contributed by atoms with van der Waals surface area (Å²) < 4.78 is 5.77. The van der Waals surface area contributed by atoms with Crippen molar-refractivity contribution in [1.29, 1.82) is 0 Å². The third-order valence-corrected chi connectivity index (χ3v) is 5.62. The summed E-state index contributed by atoms with van der Waals surface area (Å²) in [7, 11) is 0. The number of nitrogens with one attached hydrogen (secondary N) is 1. The molecule has 0 spiro atoms. The number of para-hydroxylation sites is 1. The maximum atomic E-state index is 13.1. The summed E-state index contributed by atoms with van der Waals surface area (Å²) in [6, 6.07) is 14.1. The molecule has 3 rings (SSSR count). The van der Waals surface area contributed by atoms with Gasteiger partial charge in [0.15, 0.2) is 0 Å². The molecule has 1 heterocycles. The van der Waals surface area contributed by atoms with Crippen molar-refractivity contribution < 1.29 is 19.1 Å². The van der Waals surface area contributed by atoms with Crippen molar-refractivity contribution in [2.45, 2.75) is 19.8 Å². The Balaban J connectivity index is 1.70. The van der Waals surface area contributed by atoms with Crippen molar-refractivity contribution in [1.82, 2.24) is 4.90 Å². The number of nitrogens with zero attached hydrogens (tertiary/aromatic N) is 1. The van der Waals surface area contributed by atoms with E-state index in [-0.39, 0.29) is 23.7 Å². The Bertz CT molecular complexity index is 907. The van der Waals surface area contributed by atoms with Gasteiger partial charge in [0.2, 0.25) is 0 Å². The van der Waals surface area contributed by atoms with Crippen LogP contribution in [0.1, 0.15) is 40.5 Å². The Hall–Kier alpha value is -2.67. The molecule has 0 bridgehead atoms. The number of carbonyl (C=O) groups is 3. The van der Waals surface area contributed by atoms with Crippen LogP contribution in [0.5, 0.6) is 0 Å². The second-order valence-electron chi connectivity index (χ2n) is 6.80. The van der Waals surface area contributed by atoms with Gasteiger partial charge >= 0.3 is 5.97 Å². The van der Waals surface area contributed by atoms with E-state index in [1.165, 1.54) is 0 Å². The molecule has 0 aliphatic carbocycles. The van der Waals surface area contributed by atoms with Gasteiger partial charge in [0.1, 0.15) is 0 Å². The minimum absolute atomic E-state index is 0.157. The number of anilines is 1. The third-order valence-electron chi connectivity index (χ3n) is 4.93. The predicted octanol–water partition coefficient (Wildman–Crippen LogP) is 4.12. The van der Waals surface area contributed by atoms with E-state index in [0.29, 0.717) is 53.8 Å². The molecule has 2 aromatic rings. The normalized spacial score (nSPS) is 14.3. The van der Waals surface area contributed by atoms with Crippen LogP contribution in [0, 0.1) is 5.92 Å². The summed E-state index contributed by atoms with van der Waals surface area (Å²) in [5.74, 6) is -0.806. The zero-order valence-corrected chi connectivity index (χ0v) is 17.8. The van der Waals surface area contributed by atoms with Crippen LogP contribution in [0.25, 0.3) is 0 Å². The number of rotatable bonds is 5. The fourth-order valence-corrected chi connectivity index (χ4v) is 3.83. The largest absolute Gasteiger partial charge is 0.466 e. The molecular weight excluding hydrogens is 436 g/mol. The Morgan fingerprint density at radius 1 is 1.03 bits per heavy atom. The number of esters is 1. The van der Waals surface area contributed by atoms with Gasteiger partial charge in [-0.25, -0.2) is 0 Å². The second-order valence-corrected chi connectivity index (χ2v) is 7.65. The first-order valence-corrected chi connectivity index (χ1v) is 10.4. The van der Waals surface area contributed by atoms with E-state index in [0.717, 1.165) is 0 Å². The van der Waals surface area contributed by atoms with Crippen molar-refractivity contribution in [2.24, 2.45) is 5.92 Å². The molecule has 2 amide bonds. The van der Waals surface area contributed by atoms with Gasteiger partial charge in [-0.1, -0.05) is 24.3 Å². The van der Waals surface area contributed by atoms with Gasteiger partial charge in [-0.2, -0.15) is 0 Å². The first-order chi connectivity index (χ1) is 14.0. The van der Waals surface area contributed by atoms with E-state index in [2.05, 4.69) is 21.2 Å². The lowest BCUT2D eigenvalue weighted by atomic mass is 9.96. The molecule has 0 atom stereocenters. The van der Waals surface area contributed by atoms with Gasteiger partial charge < -0.3 is 15.0 Å². The minimum Gasteiger partial charge on any atom is -0.466 e. The Morgan fingerprint density at radius 2 is 1.66 bits per heavy atom. The number of carbonyl (C=O) groups excluding carboxylic acids is 3. The molecule has 7 heteroatoms. The molecule has 1 aliphatic rings. The van der Waals surface area contributed by atoms with Crippen LogP contribution in [0.3, 0.4) is 0 Å². The highest BCUT2D eigenvalue weighted by Gasteiger charge is 2.29. The topological polar surface area (TPSA) is 75.7 Å². The van der Waals surface area contributed by atoms with Gasteiger partial charge in [0.05, 0.1) is 29.3 Å². The minimum atomic E-state index is -0.293. The number of hydrogen-bond acceptors (Lipinski definition) is 4. The zero-order chi connectivity index (χ0) is 20.8. The maximum absolute atomic E-state index is 13.1. The van der Waals surface area contributed by atoms with Crippen LogP contribution >= 0.6 is 15.9 Å². The lowest BCUT2D eigenvalue weighted by Crippen LogP contribution is -2.41. The van der Waals surface area contributed by atoms with E-state index in [9.17, 15) is 14.4 Å². The molecule has 0 aromatic heterocycles. The highest BCUT2D eigenvalue weighted by Crippen LogP contribution is 2.24. The van der Waals surface area contributed by atoms with E-state index >= 15 is 0 Å². The third kappa shape index (κ3) is 5.03. The zero-order valence-electron chi connectivity index (χ0n) is 16.2. The summed E-state index contributed by atoms with van der Waals surface area (Å²) in [6.45, 7) is 3.11. The maximum Gasteiger partial charge on any atom is 0.309 e. The van der Waals surface area contributed by atoms with Gasteiger partial charge in [-0.05, 0) is 60.0 Å². The summed E-state index contributed by atoms with van der Waals surface area (Å²) in [6.07, 6.45) is 1.16. The molecule has 1 saturated heterocycles. The molecule has 29 heavy (non-hydrogen) atoms.